The molecule has 0 fully saturated rings. The van der Waals surface area contributed by atoms with Crippen LogP contribution in [-0.4, -0.2) is 41.5 Å². The maximum absolute atomic E-state index is 12.5. The van der Waals surface area contributed by atoms with Crippen molar-refractivity contribution in [3.8, 4) is 11.1 Å². The van der Waals surface area contributed by atoms with Gasteiger partial charge in [-0.15, -0.1) is 0 Å². The van der Waals surface area contributed by atoms with Crippen LogP contribution in [0.5, 0.6) is 0 Å². The third kappa shape index (κ3) is 4.46. The first-order chi connectivity index (χ1) is 13.6. The number of benzene rings is 2. The lowest BCUT2D eigenvalue weighted by molar-refractivity contribution is -0.122. The van der Waals surface area contributed by atoms with Gasteiger partial charge in [0.2, 0.25) is 5.28 Å². The summed E-state index contributed by atoms with van der Waals surface area (Å²) in [6.07, 6.45) is -1.20. The minimum absolute atomic E-state index is 0.000594. The van der Waals surface area contributed by atoms with Gasteiger partial charge in [-0.2, -0.15) is 0 Å². The van der Waals surface area contributed by atoms with E-state index in [1.54, 1.807) is 24.3 Å². The van der Waals surface area contributed by atoms with Gasteiger partial charge < -0.3 is 16.6 Å². The zero-order valence-electron chi connectivity index (χ0n) is 15.2. The molecule has 1 aromatic heterocycles. The number of rotatable bonds is 5. The summed E-state index contributed by atoms with van der Waals surface area (Å²) in [4.78, 5) is 19.8. The van der Waals surface area contributed by atoms with Crippen LogP contribution < -0.4 is 16.2 Å². The van der Waals surface area contributed by atoms with Gasteiger partial charge in [0.1, 0.15) is 11.9 Å². The van der Waals surface area contributed by atoms with Gasteiger partial charge >= 0.3 is 0 Å². The molecular formula is C18H18ClN5O4S. The Balaban J connectivity index is 1.97. The van der Waals surface area contributed by atoms with Gasteiger partial charge in [0.15, 0.2) is 0 Å². The number of nitrogens with one attached hydrogen (secondary N) is 1. The van der Waals surface area contributed by atoms with Crippen molar-refractivity contribution in [1.82, 2.24) is 14.7 Å². The molecule has 2 atom stereocenters. The Morgan fingerprint density at radius 2 is 1.86 bits per heavy atom. The zero-order chi connectivity index (χ0) is 21.3. The molecule has 0 spiro atoms. The third-order valence-electron chi connectivity index (χ3n) is 4.23. The lowest BCUT2D eigenvalue weighted by atomic mass is 10.0. The Hall–Kier alpha value is -2.79. The highest BCUT2D eigenvalue weighted by Crippen LogP contribution is 2.28. The summed E-state index contributed by atoms with van der Waals surface area (Å²) in [5.41, 5.74) is 13.1. The predicted octanol–water partition coefficient (Wildman–Crippen LogP) is 1.05. The number of carbonyl (C=O) groups is 1. The van der Waals surface area contributed by atoms with Crippen molar-refractivity contribution in [2.75, 3.05) is 5.73 Å². The SMILES string of the molecule is C[C@@H](O)[C@H](N)C(=O)NS(=O)(=O)c1cccc(-c2ccc3c(N)nc(Cl)nc3c2)c1. The normalized spacial score (nSPS) is 13.8. The molecule has 0 aliphatic heterocycles. The number of hydrogen-bond donors (Lipinski definition) is 4. The lowest BCUT2D eigenvalue weighted by Gasteiger charge is -2.15. The fourth-order valence-corrected chi connectivity index (χ4v) is 3.87. The van der Waals surface area contributed by atoms with Crippen molar-refractivity contribution < 1.29 is 18.3 Å². The number of sulfonamides is 1. The quantitative estimate of drug-likeness (QED) is 0.432. The van der Waals surface area contributed by atoms with E-state index in [1.165, 1.54) is 25.1 Å². The average Bonchev–Trinajstić information content (AvgIpc) is 2.66. The number of hydrogen-bond acceptors (Lipinski definition) is 8. The van der Waals surface area contributed by atoms with Gasteiger partial charge in [0.05, 0.1) is 16.5 Å². The van der Waals surface area contributed by atoms with E-state index in [0.29, 0.717) is 22.0 Å². The number of aliphatic hydroxyl groups excluding tert-OH is 1. The summed E-state index contributed by atoms with van der Waals surface area (Å²) in [5.74, 6) is -0.766. The van der Waals surface area contributed by atoms with Crippen molar-refractivity contribution >= 4 is 44.3 Å². The van der Waals surface area contributed by atoms with Crippen molar-refractivity contribution in [3.63, 3.8) is 0 Å². The topological polar surface area (TPSA) is 161 Å². The molecule has 2 aromatic carbocycles. The molecule has 3 rings (SSSR count). The number of nitrogen functional groups attached to an aromatic ring is 1. The minimum Gasteiger partial charge on any atom is -0.391 e. The second-order valence-electron chi connectivity index (χ2n) is 6.37. The monoisotopic (exact) mass is 435 g/mol. The molecule has 0 aliphatic rings. The molecule has 0 unspecified atom stereocenters. The van der Waals surface area contributed by atoms with Crippen LogP contribution >= 0.6 is 11.6 Å². The minimum atomic E-state index is -4.18. The molecule has 152 valence electrons. The summed E-state index contributed by atoms with van der Waals surface area (Å²) in [6, 6.07) is 9.76. The fraction of sp³-hybridized carbons (Fsp3) is 0.167. The second-order valence-corrected chi connectivity index (χ2v) is 8.39. The predicted molar refractivity (Wildman–Crippen MR) is 109 cm³/mol. The highest BCUT2D eigenvalue weighted by Gasteiger charge is 2.25. The summed E-state index contributed by atoms with van der Waals surface area (Å²) in [7, 11) is -4.18. The summed E-state index contributed by atoms with van der Waals surface area (Å²) in [6.45, 7) is 1.29. The number of anilines is 1. The Bertz CT molecular complexity index is 1200. The van der Waals surface area contributed by atoms with Gasteiger partial charge in [0, 0.05) is 5.39 Å². The maximum atomic E-state index is 12.5. The van der Waals surface area contributed by atoms with E-state index in [2.05, 4.69) is 9.97 Å². The number of amides is 1. The largest absolute Gasteiger partial charge is 0.391 e. The van der Waals surface area contributed by atoms with E-state index in [1.807, 2.05) is 4.72 Å². The molecule has 6 N–H and O–H groups in total. The number of carbonyl (C=O) groups excluding carboxylic acids is 1. The van der Waals surface area contributed by atoms with E-state index in [0.717, 1.165) is 0 Å². The average molecular weight is 436 g/mol. The Morgan fingerprint density at radius 1 is 1.17 bits per heavy atom. The molecule has 1 heterocycles. The second kappa shape index (κ2) is 7.91. The lowest BCUT2D eigenvalue weighted by Crippen LogP contribution is -2.48. The van der Waals surface area contributed by atoms with Gasteiger partial charge in [0.25, 0.3) is 15.9 Å². The molecule has 0 radical (unpaired) electrons. The van der Waals surface area contributed by atoms with Crippen LogP contribution in [0.25, 0.3) is 22.0 Å². The van der Waals surface area contributed by atoms with Gasteiger partial charge in [-0.05, 0) is 53.9 Å². The first kappa shape index (κ1) is 20.9. The smallest absolute Gasteiger partial charge is 0.264 e. The van der Waals surface area contributed by atoms with E-state index < -0.39 is 28.1 Å². The van der Waals surface area contributed by atoms with Crippen molar-refractivity contribution in [2.45, 2.75) is 24.0 Å². The molecule has 0 saturated carbocycles. The third-order valence-corrected chi connectivity index (χ3v) is 5.75. The van der Waals surface area contributed by atoms with E-state index in [-0.39, 0.29) is 16.0 Å². The van der Waals surface area contributed by atoms with Crippen LogP contribution in [0.2, 0.25) is 5.28 Å². The standard InChI is InChI=1S/C18H18ClN5O4S/c1-9(25)15(20)17(26)24-29(27,28)12-4-2-3-10(7-12)11-5-6-13-14(8-11)22-18(19)23-16(13)21/h2-9,15,25H,20H2,1H3,(H,24,26)(H2,21,22,23)/t9-,15+/m1/s1. The molecule has 0 aliphatic carbocycles. The molecule has 1 amide bonds. The Morgan fingerprint density at radius 3 is 2.55 bits per heavy atom. The summed E-state index contributed by atoms with van der Waals surface area (Å²) >= 11 is 5.85. The van der Waals surface area contributed by atoms with Gasteiger partial charge in [-0.3, -0.25) is 4.79 Å². The highest BCUT2D eigenvalue weighted by atomic mass is 35.5. The van der Waals surface area contributed by atoms with Crippen LogP contribution in [0.1, 0.15) is 6.92 Å². The first-order valence-electron chi connectivity index (χ1n) is 8.42. The van der Waals surface area contributed by atoms with Crippen LogP contribution in [0.4, 0.5) is 5.82 Å². The number of fused-ring (bicyclic) bond motifs is 1. The number of halogens is 1. The van der Waals surface area contributed by atoms with E-state index in [4.69, 9.17) is 23.1 Å². The summed E-state index contributed by atoms with van der Waals surface area (Å²) < 4.78 is 26.9. The van der Waals surface area contributed by atoms with E-state index in [9.17, 15) is 18.3 Å². The molecule has 11 heteroatoms. The molecule has 0 bridgehead atoms. The van der Waals surface area contributed by atoms with Crippen molar-refractivity contribution in [2.24, 2.45) is 5.73 Å². The van der Waals surface area contributed by atoms with Crippen LogP contribution in [0.15, 0.2) is 47.4 Å². The fourth-order valence-electron chi connectivity index (χ4n) is 2.63. The molecule has 29 heavy (non-hydrogen) atoms. The molecular weight excluding hydrogens is 418 g/mol. The molecule has 3 aromatic rings. The number of aromatic nitrogens is 2. The summed E-state index contributed by atoms with van der Waals surface area (Å²) in [5, 5.41) is 9.98. The van der Waals surface area contributed by atoms with Crippen molar-refractivity contribution in [3.05, 3.63) is 47.7 Å². The molecule has 0 saturated heterocycles. The van der Waals surface area contributed by atoms with E-state index >= 15 is 0 Å². The number of nitrogens with two attached hydrogens (primary N) is 2. The van der Waals surface area contributed by atoms with Crippen LogP contribution in [0, 0.1) is 0 Å². The van der Waals surface area contributed by atoms with Crippen molar-refractivity contribution in [1.29, 1.82) is 0 Å². The number of aliphatic hydroxyl groups is 1. The van der Waals surface area contributed by atoms with Gasteiger partial charge in [-0.25, -0.2) is 23.1 Å². The van der Waals surface area contributed by atoms with Crippen LogP contribution in [-0.2, 0) is 14.8 Å². The highest BCUT2D eigenvalue weighted by molar-refractivity contribution is 7.90. The Labute approximate surface area is 171 Å². The maximum Gasteiger partial charge on any atom is 0.264 e. The van der Waals surface area contributed by atoms with Crippen LogP contribution in [0.3, 0.4) is 0 Å². The first-order valence-corrected chi connectivity index (χ1v) is 10.3. The zero-order valence-corrected chi connectivity index (χ0v) is 16.8. The van der Waals surface area contributed by atoms with Gasteiger partial charge in [-0.1, -0.05) is 18.2 Å². The Kier molecular flexibility index (Phi) is 5.71. The molecule has 9 nitrogen and oxygen atoms in total. The number of nitrogens with zero attached hydrogens (tertiary/aromatic N) is 2.